The number of hydrogen-bond donors (Lipinski definition) is 1. The molecule has 1 N–H and O–H groups in total. The minimum Gasteiger partial charge on any atom is -0.345 e. The van der Waals surface area contributed by atoms with Gasteiger partial charge in [0.2, 0.25) is 0 Å². The van der Waals surface area contributed by atoms with Crippen LogP contribution in [0, 0.1) is 11.3 Å². The van der Waals surface area contributed by atoms with Gasteiger partial charge in [-0.3, -0.25) is 9.36 Å². The van der Waals surface area contributed by atoms with E-state index in [1.54, 1.807) is 43.0 Å². The lowest BCUT2D eigenvalue weighted by molar-refractivity contribution is 0.931. The third-order valence-electron chi connectivity index (χ3n) is 4.32. The van der Waals surface area contributed by atoms with E-state index in [0.717, 1.165) is 22.6 Å². The van der Waals surface area contributed by atoms with E-state index in [1.165, 1.54) is 10.6 Å². The van der Waals surface area contributed by atoms with E-state index >= 15 is 0 Å². The molecule has 0 aliphatic carbocycles. The van der Waals surface area contributed by atoms with Crippen LogP contribution in [0.2, 0.25) is 5.02 Å². The van der Waals surface area contributed by atoms with E-state index in [4.69, 9.17) is 16.9 Å². The van der Waals surface area contributed by atoms with Crippen molar-refractivity contribution in [2.75, 3.05) is 0 Å². The normalized spacial score (nSPS) is 10.6. The number of hydrogen-bond acceptors (Lipinski definition) is 5. The number of nitrogens with one attached hydrogen (secondary N) is 1. The highest BCUT2D eigenvalue weighted by Crippen LogP contribution is 2.12. The van der Waals surface area contributed by atoms with Crippen molar-refractivity contribution in [3.8, 4) is 11.9 Å². The number of aromatic nitrogens is 5. The minimum atomic E-state index is -0.190. The van der Waals surface area contributed by atoms with Gasteiger partial charge in [0.05, 0.1) is 5.02 Å². The second-order valence-corrected chi connectivity index (χ2v) is 6.89. The SMILES string of the molecule is N#Cc1ccc(Cc2ncc(Cc3ccc(-n4cc(Cl)ccc4=O)nc3)[nH]2)cn1. The second-order valence-electron chi connectivity index (χ2n) is 6.45. The first-order valence-electron chi connectivity index (χ1n) is 8.82. The van der Waals surface area contributed by atoms with Gasteiger partial charge >= 0.3 is 0 Å². The van der Waals surface area contributed by atoms with Crippen molar-refractivity contribution in [3.05, 3.63) is 105 Å². The van der Waals surface area contributed by atoms with Crippen molar-refractivity contribution >= 4 is 11.6 Å². The molecule has 142 valence electrons. The number of pyridine rings is 3. The van der Waals surface area contributed by atoms with Crippen LogP contribution in [0.15, 0.2) is 66.0 Å². The molecule has 0 fully saturated rings. The van der Waals surface area contributed by atoms with Gasteiger partial charge in [0.15, 0.2) is 0 Å². The Labute approximate surface area is 171 Å². The van der Waals surface area contributed by atoms with Gasteiger partial charge in [0.25, 0.3) is 5.56 Å². The van der Waals surface area contributed by atoms with Crippen LogP contribution in [0.1, 0.15) is 28.3 Å². The molecule has 7 nitrogen and oxygen atoms in total. The van der Waals surface area contributed by atoms with Crippen LogP contribution < -0.4 is 5.56 Å². The van der Waals surface area contributed by atoms with Crippen LogP contribution in [0.25, 0.3) is 5.82 Å². The third-order valence-corrected chi connectivity index (χ3v) is 4.54. The fourth-order valence-electron chi connectivity index (χ4n) is 2.90. The van der Waals surface area contributed by atoms with Crippen molar-refractivity contribution < 1.29 is 0 Å². The first-order chi connectivity index (χ1) is 14.1. The molecule has 0 aliphatic heterocycles. The van der Waals surface area contributed by atoms with E-state index in [2.05, 4.69) is 19.9 Å². The molecular formula is C21H15ClN6O. The molecule has 4 rings (SSSR count). The number of imidazole rings is 1. The Hall–Kier alpha value is -3.76. The van der Waals surface area contributed by atoms with E-state index < -0.39 is 0 Å². The molecule has 0 bridgehead atoms. The summed E-state index contributed by atoms with van der Waals surface area (Å²) < 4.78 is 1.41. The molecule has 29 heavy (non-hydrogen) atoms. The zero-order valence-electron chi connectivity index (χ0n) is 15.2. The number of nitriles is 1. The summed E-state index contributed by atoms with van der Waals surface area (Å²) in [6.45, 7) is 0. The molecule has 0 amide bonds. The maximum atomic E-state index is 12.0. The lowest BCUT2D eigenvalue weighted by atomic mass is 10.1. The maximum Gasteiger partial charge on any atom is 0.256 e. The Bertz CT molecular complexity index is 1240. The molecule has 0 saturated carbocycles. The maximum absolute atomic E-state index is 12.0. The predicted octanol–water partition coefficient (Wildman–Crippen LogP) is 3.06. The molecule has 0 aromatic carbocycles. The van der Waals surface area contributed by atoms with Crippen molar-refractivity contribution in [1.82, 2.24) is 24.5 Å². The van der Waals surface area contributed by atoms with Gasteiger partial charge in [-0.05, 0) is 29.3 Å². The highest BCUT2D eigenvalue weighted by atomic mass is 35.5. The topological polar surface area (TPSA) is 100 Å². The standard InChI is InChI=1S/C21H15ClN6O/c22-16-3-6-21(29)28(13-16)20-5-2-14(11-26-20)7-18-12-25-19(27-18)8-15-1-4-17(9-23)24-10-15/h1-6,10-13H,7-8H2,(H,25,27). The zero-order valence-corrected chi connectivity index (χ0v) is 16.0. The zero-order chi connectivity index (χ0) is 20.2. The van der Waals surface area contributed by atoms with E-state index in [0.29, 0.717) is 29.4 Å². The van der Waals surface area contributed by atoms with Crippen LogP contribution in [0.3, 0.4) is 0 Å². The lowest BCUT2D eigenvalue weighted by Gasteiger charge is -2.06. The molecule has 0 atom stereocenters. The quantitative estimate of drug-likeness (QED) is 0.553. The highest BCUT2D eigenvalue weighted by Gasteiger charge is 2.06. The first kappa shape index (κ1) is 18.6. The van der Waals surface area contributed by atoms with Crippen molar-refractivity contribution in [3.63, 3.8) is 0 Å². The van der Waals surface area contributed by atoms with Gasteiger partial charge in [-0.15, -0.1) is 0 Å². The minimum absolute atomic E-state index is 0.190. The van der Waals surface area contributed by atoms with Crippen LogP contribution in [0.4, 0.5) is 0 Å². The van der Waals surface area contributed by atoms with E-state index in [9.17, 15) is 4.79 Å². The smallest absolute Gasteiger partial charge is 0.256 e. The number of nitrogens with zero attached hydrogens (tertiary/aromatic N) is 5. The molecule has 0 spiro atoms. The Morgan fingerprint density at radius 2 is 1.76 bits per heavy atom. The Balaban J connectivity index is 1.45. The molecule has 4 heterocycles. The molecule has 0 unspecified atom stereocenters. The van der Waals surface area contributed by atoms with Crippen molar-refractivity contribution in [1.29, 1.82) is 5.26 Å². The van der Waals surface area contributed by atoms with Gasteiger partial charge in [-0.1, -0.05) is 23.7 Å². The molecule has 8 heteroatoms. The Morgan fingerprint density at radius 3 is 2.48 bits per heavy atom. The summed E-state index contributed by atoms with van der Waals surface area (Å²) in [5, 5.41) is 9.28. The molecule has 0 radical (unpaired) electrons. The Morgan fingerprint density at radius 1 is 0.966 bits per heavy atom. The van der Waals surface area contributed by atoms with Crippen molar-refractivity contribution in [2.24, 2.45) is 0 Å². The van der Waals surface area contributed by atoms with Crippen LogP contribution in [-0.4, -0.2) is 24.5 Å². The van der Waals surface area contributed by atoms with Crippen molar-refractivity contribution in [2.45, 2.75) is 12.8 Å². The highest BCUT2D eigenvalue weighted by molar-refractivity contribution is 6.30. The fourth-order valence-corrected chi connectivity index (χ4v) is 3.06. The molecule has 0 aliphatic rings. The summed E-state index contributed by atoms with van der Waals surface area (Å²) in [7, 11) is 0. The summed E-state index contributed by atoms with van der Waals surface area (Å²) in [6, 6.07) is 12.2. The summed E-state index contributed by atoms with van der Waals surface area (Å²) >= 11 is 5.96. The number of aromatic amines is 1. The van der Waals surface area contributed by atoms with Crippen LogP contribution in [0.5, 0.6) is 0 Å². The lowest BCUT2D eigenvalue weighted by Crippen LogP contribution is -2.17. The second kappa shape index (κ2) is 8.09. The first-order valence-corrected chi connectivity index (χ1v) is 9.20. The average molecular weight is 403 g/mol. The summed E-state index contributed by atoms with van der Waals surface area (Å²) in [5.41, 5.74) is 3.12. The predicted molar refractivity (Wildman–Crippen MR) is 108 cm³/mol. The number of halogens is 1. The van der Waals surface area contributed by atoms with Gasteiger partial charge in [0.1, 0.15) is 23.4 Å². The molecule has 0 saturated heterocycles. The largest absolute Gasteiger partial charge is 0.345 e. The monoisotopic (exact) mass is 402 g/mol. The van der Waals surface area contributed by atoms with Crippen LogP contribution >= 0.6 is 11.6 Å². The summed E-state index contributed by atoms with van der Waals surface area (Å²) in [4.78, 5) is 28.1. The van der Waals surface area contributed by atoms with Gasteiger partial charge in [-0.2, -0.15) is 5.26 Å². The fraction of sp³-hybridized carbons (Fsp3) is 0.0952. The number of H-pyrrole nitrogens is 1. The summed E-state index contributed by atoms with van der Waals surface area (Å²) in [6.07, 6.45) is 7.99. The van der Waals surface area contributed by atoms with Crippen LogP contribution in [-0.2, 0) is 12.8 Å². The van der Waals surface area contributed by atoms with Gasteiger partial charge in [-0.25, -0.2) is 15.0 Å². The van der Waals surface area contributed by atoms with E-state index in [1.807, 2.05) is 18.2 Å². The Kier molecular flexibility index (Phi) is 5.18. The van der Waals surface area contributed by atoms with Gasteiger partial charge < -0.3 is 4.98 Å². The van der Waals surface area contributed by atoms with Gasteiger partial charge in [0, 0.05) is 49.4 Å². The van der Waals surface area contributed by atoms with E-state index in [-0.39, 0.29) is 5.56 Å². The number of rotatable bonds is 5. The average Bonchev–Trinajstić information content (AvgIpc) is 3.18. The molecule has 4 aromatic heterocycles. The summed E-state index contributed by atoms with van der Waals surface area (Å²) in [5.74, 6) is 1.33. The third kappa shape index (κ3) is 4.39. The molecular weight excluding hydrogens is 388 g/mol. The molecule has 4 aromatic rings.